The Morgan fingerprint density at radius 3 is 2.83 bits per heavy atom. The number of benzene rings is 1. The molecule has 0 spiro atoms. The Morgan fingerprint density at radius 2 is 2.22 bits per heavy atom. The molecule has 0 saturated carbocycles. The molecular weight excluding hydrogens is 420 g/mol. The number of amides is 1. The van der Waals surface area contributed by atoms with Gasteiger partial charge in [-0.1, -0.05) is 28.7 Å². The van der Waals surface area contributed by atoms with Gasteiger partial charge in [-0.15, -0.1) is 0 Å². The van der Waals surface area contributed by atoms with Crippen molar-refractivity contribution in [1.29, 1.82) is 0 Å². The van der Waals surface area contributed by atoms with E-state index in [4.69, 9.17) is 0 Å². The number of esters is 1. The summed E-state index contributed by atoms with van der Waals surface area (Å²) in [4.78, 5) is 22.8. The van der Waals surface area contributed by atoms with Crippen molar-refractivity contribution in [3.8, 4) is 0 Å². The third kappa shape index (κ3) is 3.91. The quantitative estimate of drug-likeness (QED) is 0.454. The van der Waals surface area contributed by atoms with E-state index in [1.165, 1.54) is 19.2 Å². The summed E-state index contributed by atoms with van der Waals surface area (Å²) >= 11 is 4.84. The van der Waals surface area contributed by atoms with Gasteiger partial charge in [0.05, 0.1) is 17.1 Å². The highest BCUT2D eigenvalue weighted by Crippen LogP contribution is 2.18. The molecule has 4 nitrogen and oxygen atoms in total. The first-order chi connectivity index (χ1) is 8.47. The van der Waals surface area contributed by atoms with Crippen molar-refractivity contribution in [2.45, 2.75) is 3.92 Å². The maximum Gasteiger partial charge on any atom is 0.320 e. The average Bonchev–Trinajstić information content (AvgIpc) is 2.37. The van der Waals surface area contributed by atoms with Crippen molar-refractivity contribution in [2.75, 3.05) is 13.7 Å². The highest BCUT2D eigenvalue weighted by atomic mass is 127. The van der Waals surface area contributed by atoms with Crippen LogP contribution in [0.2, 0.25) is 0 Å². The summed E-state index contributed by atoms with van der Waals surface area (Å²) in [5.41, 5.74) is -0.0714. The maximum atomic E-state index is 13.6. The molecule has 0 bridgehead atoms. The maximum absolute atomic E-state index is 13.6. The van der Waals surface area contributed by atoms with Crippen LogP contribution in [0.15, 0.2) is 22.7 Å². The van der Waals surface area contributed by atoms with E-state index < -0.39 is 21.6 Å². The van der Waals surface area contributed by atoms with Gasteiger partial charge < -0.3 is 10.1 Å². The Balaban J connectivity index is 2.66. The number of carbonyl (C=O) groups excluding carboxylic acids is 2. The normalized spacial score (nSPS) is 11.8. The molecule has 1 N–H and O–H groups in total. The van der Waals surface area contributed by atoms with Crippen molar-refractivity contribution in [3.63, 3.8) is 0 Å². The van der Waals surface area contributed by atoms with Gasteiger partial charge in [0, 0.05) is 6.54 Å². The lowest BCUT2D eigenvalue weighted by Crippen LogP contribution is -2.34. The van der Waals surface area contributed by atoms with Gasteiger partial charge in [0.1, 0.15) is 9.74 Å². The van der Waals surface area contributed by atoms with Crippen LogP contribution >= 0.6 is 38.5 Å². The zero-order valence-electron chi connectivity index (χ0n) is 9.38. The Morgan fingerprint density at radius 1 is 1.56 bits per heavy atom. The van der Waals surface area contributed by atoms with Gasteiger partial charge in [0.25, 0.3) is 5.91 Å². The van der Waals surface area contributed by atoms with E-state index in [1.54, 1.807) is 6.07 Å². The zero-order valence-corrected chi connectivity index (χ0v) is 13.1. The lowest BCUT2D eigenvalue weighted by Gasteiger charge is -2.10. The third-order valence-electron chi connectivity index (χ3n) is 2.09. The molecule has 18 heavy (non-hydrogen) atoms. The molecule has 0 aliphatic carbocycles. The molecule has 0 aromatic heterocycles. The summed E-state index contributed by atoms with van der Waals surface area (Å²) in [5.74, 6) is -1.64. The van der Waals surface area contributed by atoms with Crippen LogP contribution in [-0.4, -0.2) is 29.5 Å². The molecule has 1 amide bonds. The summed E-state index contributed by atoms with van der Waals surface area (Å²) in [6.07, 6.45) is 0. The first kappa shape index (κ1) is 15.4. The Hall–Kier alpha value is -0.700. The van der Waals surface area contributed by atoms with Gasteiger partial charge >= 0.3 is 5.97 Å². The number of hydrogen-bond acceptors (Lipinski definition) is 3. The van der Waals surface area contributed by atoms with Crippen molar-refractivity contribution in [1.82, 2.24) is 5.32 Å². The molecule has 0 heterocycles. The topological polar surface area (TPSA) is 55.4 Å². The Labute approximate surface area is 126 Å². The first-order valence-electron chi connectivity index (χ1n) is 4.91. The lowest BCUT2D eigenvalue weighted by atomic mass is 10.2. The standard InChI is InChI=1S/C11H10BrFINO3/c1-18-11(17)8(14)5-15-10(16)6-3-2-4-7(12)9(6)13/h2-4,8H,5H2,1H3,(H,15,16). The second-order valence-electron chi connectivity index (χ2n) is 3.30. The molecule has 1 atom stereocenters. The predicted molar refractivity (Wildman–Crippen MR) is 76.3 cm³/mol. The number of methoxy groups -OCH3 is 1. The summed E-state index contributed by atoms with van der Waals surface area (Å²) < 4.78 is 17.8. The highest BCUT2D eigenvalue weighted by molar-refractivity contribution is 14.1. The molecule has 1 aromatic carbocycles. The molecule has 98 valence electrons. The number of alkyl halides is 1. The molecule has 0 saturated heterocycles. The molecule has 0 aliphatic rings. The zero-order chi connectivity index (χ0) is 13.7. The number of halogens is 3. The SMILES string of the molecule is COC(=O)C(I)CNC(=O)c1cccc(Br)c1F. The third-order valence-corrected chi connectivity index (χ3v) is 3.66. The van der Waals surface area contributed by atoms with Gasteiger partial charge in [0.2, 0.25) is 0 Å². The number of carbonyl (C=O) groups is 2. The Bertz CT molecular complexity index is 470. The van der Waals surface area contributed by atoms with Crippen LogP contribution in [0.1, 0.15) is 10.4 Å². The van der Waals surface area contributed by atoms with Gasteiger partial charge in [0.15, 0.2) is 0 Å². The molecule has 1 aromatic rings. The summed E-state index contributed by atoms with van der Waals surface area (Å²) in [7, 11) is 1.27. The molecular formula is C11H10BrFINO3. The smallest absolute Gasteiger partial charge is 0.320 e. The van der Waals surface area contributed by atoms with Crippen molar-refractivity contribution in [2.24, 2.45) is 0 Å². The van der Waals surface area contributed by atoms with E-state index in [1.807, 2.05) is 22.6 Å². The lowest BCUT2D eigenvalue weighted by molar-refractivity contribution is -0.139. The van der Waals surface area contributed by atoms with Crippen molar-refractivity contribution < 1.29 is 18.7 Å². The fourth-order valence-electron chi connectivity index (χ4n) is 1.17. The van der Waals surface area contributed by atoms with E-state index in [0.29, 0.717) is 0 Å². The minimum atomic E-state index is -0.627. The van der Waals surface area contributed by atoms with Crippen LogP contribution in [0.5, 0.6) is 0 Å². The van der Waals surface area contributed by atoms with Crippen LogP contribution < -0.4 is 5.32 Å². The highest BCUT2D eigenvalue weighted by Gasteiger charge is 2.18. The van der Waals surface area contributed by atoms with Crippen LogP contribution in [0.3, 0.4) is 0 Å². The van der Waals surface area contributed by atoms with Crippen LogP contribution in [-0.2, 0) is 9.53 Å². The fraction of sp³-hybridized carbons (Fsp3) is 0.273. The monoisotopic (exact) mass is 429 g/mol. The molecule has 1 rings (SSSR count). The van der Waals surface area contributed by atoms with Crippen LogP contribution in [0.25, 0.3) is 0 Å². The first-order valence-corrected chi connectivity index (χ1v) is 6.95. The second kappa shape index (κ2) is 7.03. The van der Waals surface area contributed by atoms with E-state index >= 15 is 0 Å². The van der Waals surface area contributed by atoms with E-state index in [-0.39, 0.29) is 16.6 Å². The number of rotatable bonds is 4. The summed E-state index contributed by atoms with van der Waals surface area (Å²) in [5, 5.41) is 2.47. The largest absolute Gasteiger partial charge is 0.468 e. The average molecular weight is 430 g/mol. The van der Waals surface area contributed by atoms with E-state index in [0.717, 1.165) is 0 Å². The summed E-state index contributed by atoms with van der Waals surface area (Å²) in [6.45, 7) is 0.0814. The van der Waals surface area contributed by atoms with Gasteiger partial charge in [-0.05, 0) is 28.1 Å². The summed E-state index contributed by atoms with van der Waals surface area (Å²) in [6, 6.07) is 4.43. The fourth-order valence-corrected chi connectivity index (χ4v) is 2.01. The number of hydrogen-bond donors (Lipinski definition) is 1. The van der Waals surface area contributed by atoms with Crippen LogP contribution in [0, 0.1) is 5.82 Å². The van der Waals surface area contributed by atoms with Gasteiger partial charge in [-0.25, -0.2) is 4.39 Å². The minimum Gasteiger partial charge on any atom is -0.468 e. The van der Waals surface area contributed by atoms with Gasteiger partial charge in [-0.3, -0.25) is 9.59 Å². The Kier molecular flexibility index (Phi) is 6.00. The molecule has 1 unspecified atom stereocenters. The second-order valence-corrected chi connectivity index (χ2v) is 5.66. The molecule has 0 aliphatic heterocycles. The minimum absolute atomic E-state index is 0.0714. The molecule has 0 radical (unpaired) electrons. The predicted octanol–water partition coefficient (Wildman–Crippen LogP) is 2.29. The van der Waals surface area contributed by atoms with E-state index in [2.05, 4.69) is 26.0 Å². The van der Waals surface area contributed by atoms with Crippen molar-refractivity contribution in [3.05, 3.63) is 34.1 Å². The molecule has 7 heteroatoms. The van der Waals surface area contributed by atoms with Gasteiger partial charge in [-0.2, -0.15) is 0 Å². The van der Waals surface area contributed by atoms with E-state index in [9.17, 15) is 14.0 Å². The van der Waals surface area contributed by atoms with Crippen LogP contribution in [0.4, 0.5) is 4.39 Å². The number of ether oxygens (including phenoxy) is 1. The number of nitrogens with one attached hydrogen (secondary N) is 1. The van der Waals surface area contributed by atoms with Crippen molar-refractivity contribution >= 4 is 50.4 Å². The molecule has 0 fully saturated rings.